The maximum absolute atomic E-state index is 5.35. The predicted octanol–water partition coefficient (Wildman–Crippen LogP) is 1.04. The van der Waals surface area contributed by atoms with Gasteiger partial charge in [0.05, 0.1) is 13.2 Å². The second-order valence-electron chi connectivity index (χ2n) is 2.71. The molecule has 0 saturated carbocycles. The lowest BCUT2D eigenvalue weighted by molar-refractivity contribution is 0.130. The fourth-order valence-corrected chi connectivity index (χ4v) is 0.792. The molecule has 0 unspecified atom stereocenters. The van der Waals surface area contributed by atoms with Crippen molar-refractivity contribution in [3.8, 4) is 0 Å². The number of nitrogens with one attached hydrogen (secondary N) is 1. The average Bonchev–Trinajstić information content (AvgIpc) is 2.10. The van der Waals surface area contributed by atoms with Gasteiger partial charge in [0.15, 0.2) is 0 Å². The molecule has 0 heterocycles. The van der Waals surface area contributed by atoms with Crippen LogP contribution in [0.3, 0.4) is 0 Å². The van der Waals surface area contributed by atoms with E-state index in [0.29, 0.717) is 0 Å². The molecule has 0 aliphatic carbocycles. The van der Waals surface area contributed by atoms with Crippen LogP contribution in [0.5, 0.6) is 0 Å². The molecule has 0 rings (SSSR count). The standard InChI is InChI=1S/C9H21NO2/c1-3-4-7-12-9-6-10-5-8-11-2/h10H,3-9H2,1-2H3. The van der Waals surface area contributed by atoms with Gasteiger partial charge in [-0.15, -0.1) is 0 Å². The van der Waals surface area contributed by atoms with Gasteiger partial charge in [0.25, 0.3) is 0 Å². The molecule has 74 valence electrons. The van der Waals surface area contributed by atoms with Gasteiger partial charge in [-0.2, -0.15) is 0 Å². The molecular formula is C9H21NO2. The molecule has 0 aromatic carbocycles. The third-order valence-electron chi connectivity index (χ3n) is 1.55. The predicted molar refractivity (Wildman–Crippen MR) is 50.5 cm³/mol. The monoisotopic (exact) mass is 175 g/mol. The zero-order chi connectivity index (χ0) is 9.07. The first-order valence-electron chi connectivity index (χ1n) is 4.69. The summed E-state index contributed by atoms with van der Waals surface area (Å²) in [5, 5.41) is 3.21. The molecule has 0 spiro atoms. The van der Waals surface area contributed by atoms with Crippen LogP contribution < -0.4 is 5.32 Å². The summed E-state index contributed by atoms with van der Waals surface area (Å²) in [4.78, 5) is 0. The highest BCUT2D eigenvalue weighted by atomic mass is 16.5. The number of rotatable bonds is 9. The van der Waals surface area contributed by atoms with E-state index in [9.17, 15) is 0 Å². The van der Waals surface area contributed by atoms with E-state index in [-0.39, 0.29) is 0 Å². The van der Waals surface area contributed by atoms with Crippen molar-refractivity contribution >= 4 is 0 Å². The van der Waals surface area contributed by atoms with Crippen molar-refractivity contribution in [3.63, 3.8) is 0 Å². The Kier molecular flexibility index (Phi) is 10.8. The topological polar surface area (TPSA) is 30.5 Å². The van der Waals surface area contributed by atoms with Gasteiger partial charge in [-0.1, -0.05) is 13.3 Å². The maximum Gasteiger partial charge on any atom is 0.0590 e. The molecule has 0 aromatic rings. The average molecular weight is 175 g/mol. The molecule has 0 aromatic heterocycles. The van der Waals surface area contributed by atoms with Crippen molar-refractivity contribution in [3.05, 3.63) is 0 Å². The van der Waals surface area contributed by atoms with Crippen LogP contribution in [0.1, 0.15) is 19.8 Å². The zero-order valence-electron chi connectivity index (χ0n) is 8.27. The summed E-state index contributed by atoms with van der Waals surface area (Å²) in [6.07, 6.45) is 2.37. The van der Waals surface area contributed by atoms with Crippen LogP contribution in [0.4, 0.5) is 0 Å². The molecule has 0 bridgehead atoms. The molecule has 0 fully saturated rings. The minimum absolute atomic E-state index is 0.773. The van der Waals surface area contributed by atoms with Crippen LogP contribution in [0, 0.1) is 0 Å². The Morgan fingerprint density at radius 1 is 1.08 bits per heavy atom. The van der Waals surface area contributed by atoms with Crippen LogP contribution in [-0.2, 0) is 9.47 Å². The Hall–Kier alpha value is -0.120. The third-order valence-corrected chi connectivity index (χ3v) is 1.55. The van der Waals surface area contributed by atoms with Crippen molar-refractivity contribution in [2.24, 2.45) is 0 Å². The van der Waals surface area contributed by atoms with Crippen molar-refractivity contribution in [1.82, 2.24) is 5.32 Å². The van der Waals surface area contributed by atoms with E-state index in [1.165, 1.54) is 6.42 Å². The molecular weight excluding hydrogens is 154 g/mol. The number of methoxy groups -OCH3 is 1. The van der Waals surface area contributed by atoms with Crippen LogP contribution >= 0.6 is 0 Å². The number of ether oxygens (including phenoxy) is 2. The number of unbranched alkanes of at least 4 members (excludes halogenated alkanes) is 1. The summed E-state index contributed by atoms with van der Waals surface area (Å²) >= 11 is 0. The van der Waals surface area contributed by atoms with Crippen LogP contribution in [0.15, 0.2) is 0 Å². The van der Waals surface area contributed by atoms with E-state index in [1.54, 1.807) is 7.11 Å². The molecule has 0 saturated heterocycles. The molecule has 3 heteroatoms. The van der Waals surface area contributed by atoms with Crippen molar-refractivity contribution in [1.29, 1.82) is 0 Å². The van der Waals surface area contributed by atoms with Crippen LogP contribution in [0.25, 0.3) is 0 Å². The molecule has 0 radical (unpaired) electrons. The first-order valence-corrected chi connectivity index (χ1v) is 4.69. The Morgan fingerprint density at radius 3 is 2.50 bits per heavy atom. The molecule has 0 atom stereocenters. The molecule has 3 nitrogen and oxygen atoms in total. The summed E-state index contributed by atoms with van der Waals surface area (Å²) in [7, 11) is 1.71. The Bertz CT molecular complexity index is 68.9. The quantitative estimate of drug-likeness (QED) is 0.531. The van der Waals surface area contributed by atoms with Crippen molar-refractivity contribution < 1.29 is 9.47 Å². The third kappa shape index (κ3) is 9.88. The second kappa shape index (κ2) is 10.9. The summed E-state index contributed by atoms with van der Waals surface area (Å²) in [5.74, 6) is 0. The molecule has 0 aliphatic heterocycles. The van der Waals surface area contributed by atoms with Gasteiger partial charge in [-0.05, 0) is 6.42 Å². The minimum atomic E-state index is 0.773. The molecule has 0 aliphatic rings. The molecule has 1 N–H and O–H groups in total. The van der Waals surface area contributed by atoms with E-state index in [0.717, 1.165) is 39.3 Å². The Morgan fingerprint density at radius 2 is 1.83 bits per heavy atom. The van der Waals surface area contributed by atoms with Gasteiger partial charge < -0.3 is 14.8 Å². The van der Waals surface area contributed by atoms with E-state index in [1.807, 2.05) is 0 Å². The first-order chi connectivity index (χ1) is 5.91. The van der Waals surface area contributed by atoms with E-state index < -0.39 is 0 Å². The van der Waals surface area contributed by atoms with E-state index in [2.05, 4.69) is 12.2 Å². The fraction of sp³-hybridized carbons (Fsp3) is 1.00. The van der Waals surface area contributed by atoms with Crippen LogP contribution in [0.2, 0.25) is 0 Å². The Balaban J connectivity index is 2.73. The summed E-state index contributed by atoms with van der Waals surface area (Å²) in [5.41, 5.74) is 0. The van der Waals surface area contributed by atoms with Crippen molar-refractivity contribution in [2.75, 3.05) is 40.0 Å². The minimum Gasteiger partial charge on any atom is -0.383 e. The lowest BCUT2D eigenvalue weighted by Crippen LogP contribution is -2.23. The number of hydrogen-bond acceptors (Lipinski definition) is 3. The second-order valence-corrected chi connectivity index (χ2v) is 2.71. The normalized spacial score (nSPS) is 10.5. The SMILES string of the molecule is CCCCOCCNCCOC. The van der Waals surface area contributed by atoms with Gasteiger partial charge in [0.2, 0.25) is 0 Å². The van der Waals surface area contributed by atoms with Crippen LogP contribution in [-0.4, -0.2) is 40.0 Å². The van der Waals surface area contributed by atoms with E-state index >= 15 is 0 Å². The van der Waals surface area contributed by atoms with Gasteiger partial charge in [-0.25, -0.2) is 0 Å². The highest BCUT2D eigenvalue weighted by molar-refractivity contribution is 4.44. The van der Waals surface area contributed by atoms with Gasteiger partial charge in [-0.3, -0.25) is 0 Å². The Labute approximate surface area is 75.4 Å². The molecule has 12 heavy (non-hydrogen) atoms. The smallest absolute Gasteiger partial charge is 0.0590 e. The molecule has 0 amide bonds. The number of hydrogen-bond donors (Lipinski definition) is 1. The lowest BCUT2D eigenvalue weighted by Gasteiger charge is -2.04. The highest BCUT2D eigenvalue weighted by Gasteiger charge is 1.87. The maximum atomic E-state index is 5.35. The lowest BCUT2D eigenvalue weighted by atomic mass is 10.4. The first kappa shape index (κ1) is 11.9. The van der Waals surface area contributed by atoms with Gasteiger partial charge in [0, 0.05) is 26.8 Å². The largest absolute Gasteiger partial charge is 0.383 e. The summed E-state index contributed by atoms with van der Waals surface area (Å²) in [6, 6.07) is 0. The summed E-state index contributed by atoms with van der Waals surface area (Å²) < 4.78 is 10.2. The van der Waals surface area contributed by atoms with Crippen molar-refractivity contribution in [2.45, 2.75) is 19.8 Å². The summed E-state index contributed by atoms with van der Waals surface area (Å²) in [6.45, 7) is 6.47. The van der Waals surface area contributed by atoms with E-state index in [4.69, 9.17) is 9.47 Å². The van der Waals surface area contributed by atoms with Gasteiger partial charge >= 0.3 is 0 Å². The zero-order valence-corrected chi connectivity index (χ0v) is 8.27. The fourth-order valence-electron chi connectivity index (χ4n) is 0.792. The van der Waals surface area contributed by atoms with Gasteiger partial charge in [0.1, 0.15) is 0 Å². The highest BCUT2D eigenvalue weighted by Crippen LogP contribution is 1.86.